The highest BCUT2D eigenvalue weighted by Gasteiger charge is 2.35. The van der Waals surface area contributed by atoms with E-state index in [1.807, 2.05) is 4.90 Å². The predicted molar refractivity (Wildman–Crippen MR) is 79.4 cm³/mol. The first kappa shape index (κ1) is 16.5. The van der Waals surface area contributed by atoms with E-state index in [1.54, 1.807) is 23.1 Å². The zero-order valence-electron chi connectivity index (χ0n) is 13.1. The summed E-state index contributed by atoms with van der Waals surface area (Å²) in [5.74, 6) is -0.791. The molecule has 0 bridgehead atoms. The largest absolute Gasteiger partial charge is 0.389 e. The van der Waals surface area contributed by atoms with Gasteiger partial charge in [0.05, 0.1) is 6.42 Å². The van der Waals surface area contributed by atoms with Crippen molar-refractivity contribution in [1.82, 2.24) is 24.5 Å². The van der Waals surface area contributed by atoms with Crippen LogP contribution in [0.3, 0.4) is 0 Å². The molecule has 1 amide bonds. The fraction of sp³-hybridized carbons (Fsp3) is 0.571. The molecule has 0 aliphatic carbocycles. The lowest BCUT2D eigenvalue weighted by molar-refractivity contribution is -0.158. The number of nitrogens with zero attached hydrogens (tertiary/aromatic N) is 6. The molecule has 130 valence electrons. The maximum Gasteiger partial charge on any atom is 0.389 e. The molecule has 2 aromatic heterocycles. The number of carbonyl (C=O) groups excluding carboxylic acids is 1. The molecule has 0 aromatic carbocycles. The fourth-order valence-corrected chi connectivity index (χ4v) is 2.79. The van der Waals surface area contributed by atoms with Crippen molar-refractivity contribution < 1.29 is 18.0 Å². The van der Waals surface area contributed by atoms with Crippen LogP contribution in [0, 0.1) is 5.92 Å². The van der Waals surface area contributed by atoms with Gasteiger partial charge in [0.1, 0.15) is 18.5 Å². The number of hydrogen-bond donors (Lipinski definition) is 0. The molecule has 1 aliphatic rings. The maximum atomic E-state index is 12.4. The molecule has 1 fully saturated rings. The molecule has 2 aromatic rings. The second-order valence-electron chi connectivity index (χ2n) is 5.88. The summed E-state index contributed by atoms with van der Waals surface area (Å²) in [6, 6.07) is 1.79. The molecule has 0 saturated carbocycles. The first-order valence-electron chi connectivity index (χ1n) is 7.59. The van der Waals surface area contributed by atoms with Crippen molar-refractivity contribution >= 4 is 17.4 Å². The molecule has 0 spiro atoms. The summed E-state index contributed by atoms with van der Waals surface area (Å²) in [5, 5.41) is 7.73. The third-order valence-corrected chi connectivity index (χ3v) is 4.05. The molecule has 3 rings (SSSR count). The van der Waals surface area contributed by atoms with Gasteiger partial charge in [-0.05, 0) is 0 Å². The zero-order chi connectivity index (χ0) is 17.3. The van der Waals surface area contributed by atoms with Crippen LogP contribution in [-0.2, 0) is 4.79 Å². The summed E-state index contributed by atoms with van der Waals surface area (Å²) in [4.78, 5) is 19.9. The average Bonchev–Trinajstić information content (AvgIpc) is 3.00. The van der Waals surface area contributed by atoms with Gasteiger partial charge in [0.25, 0.3) is 0 Å². The Hall–Kier alpha value is -2.39. The van der Waals surface area contributed by atoms with Gasteiger partial charge >= 0.3 is 6.18 Å². The summed E-state index contributed by atoms with van der Waals surface area (Å²) in [6.45, 7) is 3.10. The molecule has 0 radical (unpaired) electrons. The molecular formula is C14H17F3N6O. The molecule has 1 atom stereocenters. The SMILES string of the molecule is C[C@H](CC(F)(F)F)C(=O)N1CCN(c2cc3nncn3cn2)CC1. The van der Waals surface area contributed by atoms with Crippen molar-refractivity contribution in [2.24, 2.45) is 5.92 Å². The van der Waals surface area contributed by atoms with E-state index in [2.05, 4.69) is 15.2 Å². The minimum absolute atomic E-state index is 0.376. The summed E-state index contributed by atoms with van der Waals surface area (Å²) in [5.41, 5.74) is 0.664. The highest BCUT2D eigenvalue weighted by Crippen LogP contribution is 2.26. The Morgan fingerprint density at radius 3 is 2.62 bits per heavy atom. The first-order valence-corrected chi connectivity index (χ1v) is 7.59. The number of halogens is 3. The summed E-state index contributed by atoms with van der Waals surface area (Å²) in [6.07, 6.45) is -2.26. The van der Waals surface area contributed by atoms with E-state index in [0.717, 1.165) is 0 Å². The third-order valence-electron chi connectivity index (χ3n) is 4.05. The van der Waals surface area contributed by atoms with Gasteiger partial charge in [0.2, 0.25) is 5.91 Å². The Bertz CT molecular complexity index is 723. The van der Waals surface area contributed by atoms with Crippen LogP contribution in [0.5, 0.6) is 0 Å². The second kappa shape index (κ2) is 6.25. The number of aromatic nitrogens is 4. The van der Waals surface area contributed by atoms with Crippen molar-refractivity contribution in [3.8, 4) is 0 Å². The number of hydrogen-bond acceptors (Lipinski definition) is 5. The number of piperazine rings is 1. The number of fused-ring (bicyclic) bond motifs is 1. The highest BCUT2D eigenvalue weighted by atomic mass is 19.4. The van der Waals surface area contributed by atoms with Crippen LogP contribution in [0.1, 0.15) is 13.3 Å². The fourth-order valence-electron chi connectivity index (χ4n) is 2.79. The second-order valence-corrected chi connectivity index (χ2v) is 5.88. The monoisotopic (exact) mass is 342 g/mol. The van der Waals surface area contributed by atoms with Gasteiger partial charge in [-0.2, -0.15) is 13.2 Å². The molecule has 7 nitrogen and oxygen atoms in total. The normalized spacial score (nSPS) is 17.3. The lowest BCUT2D eigenvalue weighted by Gasteiger charge is -2.36. The predicted octanol–water partition coefficient (Wildman–Crippen LogP) is 1.36. The lowest BCUT2D eigenvalue weighted by atomic mass is 10.1. The van der Waals surface area contributed by atoms with E-state index < -0.39 is 24.4 Å². The Labute approximate surface area is 136 Å². The van der Waals surface area contributed by atoms with E-state index in [1.165, 1.54) is 11.8 Å². The molecule has 0 N–H and O–H groups in total. The molecule has 24 heavy (non-hydrogen) atoms. The van der Waals surface area contributed by atoms with Gasteiger partial charge in [-0.3, -0.25) is 9.20 Å². The molecule has 1 aliphatic heterocycles. The van der Waals surface area contributed by atoms with Crippen LogP contribution in [0.15, 0.2) is 18.7 Å². The summed E-state index contributed by atoms with van der Waals surface area (Å²) in [7, 11) is 0. The van der Waals surface area contributed by atoms with Crippen LogP contribution < -0.4 is 4.90 Å². The van der Waals surface area contributed by atoms with Gasteiger partial charge in [-0.1, -0.05) is 6.92 Å². The minimum atomic E-state index is -4.32. The number of alkyl halides is 3. The van der Waals surface area contributed by atoms with Gasteiger partial charge in [0, 0.05) is 38.2 Å². The van der Waals surface area contributed by atoms with E-state index >= 15 is 0 Å². The smallest absolute Gasteiger partial charge is 0.353 e. The lowest BCUT2D eigenvalue weighted by Crippen LogP contribution is -2.50. The Morgan fingerprint density at radius 2 is 1.96 bits per heavy atom. The number of anilines is 1. The van der Waals surface area contributed by atoms with Crippen molar-refractivity contribution in [3.63, 3.8) is 0 Å². The molecular weight excluding hydrogens is 325 g/mol. The van der Waals surface area contributed by atoms with E-state index in [9.17, 15) is 18.0 Å². The van der Waals surface area contributed by atoms with Crippen LogP contribution in [-0.4, -0.2) is 62.7 Å². The van der Waals surface area contributed by atoms with Crippen molar-refractivity contribution in [1.29, 1.82) is 0 Å². The van der Waals surface area contributed by atoms with Crippen LogP contribution in [0.25, 0.3) is 5.65 Å². The summed E-state index contributed by atoms with van der Waals surface area (Å²) >= 11 is 0. The summed E-state index contributed by atoms with van der Waals surface area (Å²) < 4.78 is 38.9. The van der Waals surface area contributed by atoms with Gasteiger partial charge in [-0.25, -0.2) is 4.98 Å². The Morgan fingerprint density at radius 1 is 1.25 bits per heavy atom. The van der Waals surface area contributed by atoms with E-state index in [0.29, 0.717) is 37.6 Å². The van der Waals surface area contributed by atoms with Crippen molar-refractivity contribution in [2.75, 3.05) is 31.1 Å². The van der Waals surface area contributed by atoms with Crippen LogP contribution in [0.2, 0.25) is 0 Å². The quantitative estimate of drug-likeness (QED) is 0.843. The van der Waals surface area contributed by atoms with E-state index in [-0.39, 0.29) is 0 Å². The van der Waals surface area contributed by atoms with Crippen LogP contribution in [0.4, 0.5) is 19.0 Å². The van der Waals surface area contributed by atoms with Crippen molar-refractivity contribution in [2.45, 2.75) is 19.5 Å². The first-order chi connectivity index (χ1) is 11.3. The highest BCUT2D eigenvalue weighted by molar-refractivity contribution is 5.78. The topological polar surface area (TPSA) is 66.6 Å². The minimum Gasteiger partial charge on any atom is -0.353 e. The van der Waals surface area contributed by atoms with E-state index in [4.69, 9.17) is 0 Å². The standard InChI is InChI=1S/C14H17F3N6O/c1-10(7-14(15,16)17)13(24)22-4-2-21(3-5-22)11-6-12-20-19-9-23(12)8-18-11/h6,8-10H,2-5,7H2,1H3/t10-/m1/s1. The number of amides is 1. The maximum absolute atomic E-state index is 12.4. The Balaban J connectivity index is 1.60. The zero-order valence-corrected chi connectivity index (χ0v) is 13.1. The molecule has 0 unspecified atom stereocenters. The average molecular weight is 342 g/mol. The van der Waals surface area contributed by atoms with Gasteiger partial charge < -0.3 is 9.80 Å². The molecule has 1 saturated heterocycles. The van der Waals surface area contributed by atoms with Gasteiger partial charge in [0.15, 0.2) is 5.65 Å². The number of rotatable bonds is 3. The molecule has 10 heteroatoms. The van der Waals surface area contributed by atoms with Crippen LogP contribution >= 0.6 is 0 Å². The van der Waals surface area contributed by atoms with Gasteiger partial charge in [-0.15, -0.1) is 10.2 Å². The van der Waals surface area contributed by atoms with Crippen molar-refractivity contribution in [3.05, 3.63) is 18.7 Å². The number of carbonyl (C=O) groups is 1. The Kier molecular flexibility index (Phi) is 4.29. The molecule has 3 heterocycles. The third kappa shape index (κ3) is 3.57.